The minimum atomic E-state index is -1.48. The minimum absolute atomic E-state index is 0.238. The standard InChI is InChI=1S/C18H13F3O2/c1-22-11-3-4-13-14(9-11)12(5-6-17(13)23-2)10-7-15(19)18(21)16(20)8-10/h3-9H,1-2H3. The van der Waals surface area contributed by atoms with Crippen molar-refractivity contribution >= 4 is 10.8 Å². The third-order valence-corrected chi connectivity index (χ3v) is 3.70. The molecule has 0 aromatic heterocycles. The average molecular weight is 318 g/mol. The molecule has 3 aromatic carbocycles. The van der Waals surface area contributed by atoms with E-state index in [0.717, 1.165) is 17.5 Å². The molecule has 0 unspecified atom stereocenters. The van der Waals surface area contributed by atoms with E-state index >= 15 is 0 Å². The lowest BCUT2D eigenvalue weighted by Crippen LogP contribution is -1.94. The Hall–Kier alpha value is -2.69. The quantitative estimate of drug-likeness (QED) is 0.637. The van der Waals surface area contributed by atoms with Crippen molar-refractivity contribution in [3.63, 3.8) is 0 Å². The van der Waals surface area contributed by atoms with Gasteiger partial charge in [0.15, 0.2) is 17.5 Å². The summed E-state index contributed by atoms with van der Waals surface area (Å²) >= 11 is 0. The van der Waals surface area contributed by atoms with Gasteiger partial charge in [0.05, 0.1) is 14.2 Å². The average Bonchev–Trinajstić information content (AvgIpc) is 2.57. The molecular weight excluding hydrogens is 305 g/mol. The molecule has 23 heavy (non-hydrogen) atoms. The Morgan fingerprint density at radius 3 is 2.04 bits per heavy atom. The maximum absolute atomic E-state index is 13.6. The maximum Gasteiger partial charge on any atom is 0.194 e. The van der Waals surface area contributed by atoms with Gasteiger partial charge in [-0.25, -0.2) is 13.2 Å². The van der Waals surface area contributed by atoms with Gasteiger partial charge < -0.3 is 9.47 Å². The summed E-state index contributed by atoms with van der Waals surface area (Å²) in [5.74, 6) is -2.73. The second-order valence-electron chi connectivity index (χ2n) is 4.98. The molecule has 3 aromatic rings. The number of fused-ring (bicyclic) bond motifs is 1. The van der Waals surface area contributed by atoms with Crippen molar-refractivity contribution in [3.05, 3.63) is 59.9 Å². The number of benzene rings is 3. The highest BCUT2D eigenvalue weighted by molar-refractivity contribution is 6.00. The molecule has 0 saturated carbocycles. The summed E-state index contributed by atoms with van der Waals surface area (Å²) in [6.07, 6.45) is 0. The second kappa shape index (κ2) is 5.83. The highest BCUT2D eigenvalue weighted by Crippen LogP contribution is 2.37. The third-order valence-electron chi connectivity index (χ3n) is 3.70. The molecule has 0 aliphatic rings. The van der Waals surface area contributed by atoms with Gasteiger partial charge in [0.2, 0.25) is 0 Å². The van der Waals surface area contributed by atoms with Gasteiger partial charge in [-0.3, -0.25) is 0 Å². The molecule has 0 atom stereocenters. The van der Waals surface area contributed by atoms with Crippen molar-refractivity contribution < 1.29 is 22.6 Å². The van der Waals surface area contributed by atoms with Crippen molar-refractivity contribution in [3.8, 4) is 22.6 Å². The lowest BCUT2D eigenvalue weighted by Gasteiger charge is -2.12. The first-order valence-electron chi connectivity index (χ1n) is 6.85. The highest BCUT2D eigenvalue weighted by Gasteiger charge is 2.15. The number of hydrogen-bond acceptors (Lipinski definition) is 2. The molecule has 0 aliphatic heterocycles. The van der Waals surface area contributed by atoms with Crippen LogP contribution in [-0.4, -0.2) is 14.2 Å². The Morgan fingerprint density at radius 1 is 0.739 bits per heavy atom. The highest BCUT2D eigenvalue weighted by atomic mass is 19.2. The van der Waals surface area contributed by atoms with Gasteiger partial charge in [-0.15, -0.1) is 0 Å². The normalized spacial score (nSPS) is 10.8. The lowest BCUT2D eigenvalue weighted by molar-refractivity contribution is 0.414. The van der Waals surface area contributed by atoms with Crippen molar-refractivity contribution in [2.75, 3.05) is 14.2 Å². The van der Waals surface area contributed by atoms with Crippen LogP contribution >= 0.6 is 0 Å². The molecule has 5 heteroatoms. The smallest absolute Gasteiger partial charge is 0.194 e. The summed E-state index contributed by atoms with van der Waals surface area (Å²) < 4.78 is 50.8. The van der Waals surface area contributed by atoms with E-state index in [9.17, 15) is 13.2 Å². The predicted octanol–water partition coefficient (Wildman–Crippen LogP) is 4.94. The van der Waals surface area contributed by atoms with Crippen LogP contribution in [-0.2, 0) is 0 Å². The van der Waals surface area contributed by atoms with E-state index in [1.54, 1.807) is 30.3 Å². The van der Waals surface area contributed by atoms with Crippen LogP contribution in [0.15, 0.2) is 42.5 Å². The number of methoxy groups -OCH3 is 2. The van der Waals surface area contributed by atoms with Crippen molar-refractivity contribution in [1.29, 1.82) is 0 Å². The lowest BCUT2D eigenvalue weighted by atomic mass is 9.97. The van der Waals surface area contributed by atoms with Gasteiger partial charge in [0.25, 0.3) is 0 Å². The summed E-state index contributed by atoms with van der Waals surface area (Å²) in [7, 11) is 3.06. The summed E-state index contributed by atoms with van der Waals surface area (Å²) in [5.41, 5.74) is 0.791. The Labute approximate surface area is 131 Å². The van der Waals surface area contributed by atoms with E-state index in [1.807, 2.05) is 0 Å². The number of halogens is 3. The van der Waals surface area contributed by atoms with Crippen LogP contribution in [0.1, 0.15) is 0 Å². The van der Waals surface area contributed by atoms with E-state index in [1.165, 1.54) is 14.2 Å². The Bertz CT molecular complexity index is 868. The molecule has 0 fully saturated rings. The summed E-state index contributed by atoms with van der Waals surface area (Å²) in [5, 5.41) is 1.45. The Morgan fingerprint density at radius 2 is 1.43 bits per heavy atom. The monoisotopic (exact) mass is 318 g/mol. The minimum Gasteiger partial charge on any atom is -0.497 e. The molecule has 2 nitrogen and oxygen atoms in total. The zero-order valence-corrected chi connectivity index (χ0v) is 12.5. The molecule has 0 radical (unpaired) electrons. The molecule has 3 rings (SSSR count). The zero-order valence-electron chi connectivity index (χ0n) is 12.5. The van der Waals surface area contributed by atoms with E-state index < -0.39 is 17.5 Å². The molecule has 0 aliphatic carbocycles. The van der Waals surface area contributed by atoms with Crippen LogP contribution in [0.3, 0.4) is 0 Å². The van der Waals surface area contributed by atoms with Crippen LogP contribution in [0, 0.1) is 17.5 Å². The van der Waals surface area contributed by atoms with Crippen molar-refractivity contribution in [1.82, 2.24) is 0 Å². The number of ether oxygens (including phenoxy) is 2. The van der Waals surface area contributed by atoms with Gasteiger partial charge >= 0.3 is 0 Å². The van der Waals surface area contributed by atoms with E-state index in [4.69, 9.17) is 9.47 Å². The maximum atomic E-state index is 13.6. The first-order valence-corrected chi connectivity index (χ1v) is 6.85. The van der Waals surface area contributed by atoms with Crippen LogP contribution in [0.2, 0.25) is 0 Å². The van der Waals surface area contributed by atoms with Crippen molar-refractivity contribution in [2.45, 2.75) is 0 Å². The van der Waals surface area contributed by atoms with Crippen LogP contribution in [0.25, 0.3) is 21.9 Å². The molecule has 118 valence electrons. The summed E-state index contributed by atoms with van der Waals surface area (Å²) in [6, 6.07) is 10.6. The first kappa shape index (κ1) is 15.2. The third kappa shape index (κ3) is 2.59. The number of rotatable bonds is 3. The Kier molecular flexibility index (Phi) is 3.86. The number of hydrogen-bond donors (Lipinski definition) is 0. The van der Waals surface area contributed by atoms with E-state index in [0.29, 0.717) is 22.4 Å². The molecular formula is C18H13F3O2. The zero-order chi connectivity index (χ0) is 16.6. The van der Waals surface area contributed by atoms with Crippen LogP contribution in [0.4, 0.5) is 13.2 Å². The summed E-state index contributed by atoms with van der Waals surface area (Å²) in [4.78, 5) is 0. The summed E-state index contributed by atoms with van der Waals surface area (Å²) in [6.45, 7) is 0. The van der Waals surface area contributed by atoms with Gasteiger partial charge in [0.1, 0.15) is 11.5 Å². The second-order valence-corrected chi connectivity index (χ2v) is 4.98. The first-order chi connectivity index (χ1) is 11.0. The largest absolute Gasteiger partial charge is 0.497 e. The van der Waals surface area contributed by atoms with Gasteiger partial charge in [-0.05, 0) is 52.9 Å². The fourth-order valence-electron chi connectivity index (χ4n) is 2.57. The van der Waals surface area contributed by atoms with E-state index in [-0.39, 0.29) is 5.56 Å². The fraction of sp³-hybridized carbons (Fsp3) is 0.111. The molecule has 0 N–H and O–H groups in total. The SMILES string of the molecule is COc1ccc2c(OC)ccc(-c3cc(F)c(F)c(F)c3)c2c1. The molecule has 0 saturated heterocycles. The van der Waals surface area contributed by atoms with Crippen molar-refractivity contribution in [2.24, 2.45) is 0 Å². The van der Waals surface area contributed by atoms with Gasteiger partial charge in [-0.1, -0.05) is 6.07 Å². The topological polar surface area (TPSA) is 18.5 Å². The molecule has 0 heterocycles. The van der Waals surface area contributed by atoms with Gasteiger partial charge in [0, 0.05) is 5.39 Å². The predicted molar refractivity (Wildman–Crippen MR) is 82.4 cm³/mol. The van der Waals surface area contributed by atoms with Crippen LogP contribution in [0.5, 0.6) is 11.5 Å². The van der Waals surface area contributed by atoms with Crippen LogP contribution < -0.4 is 9.47 Å². The van der Waals surface area contributed by atoms with Gasteiger partial charge in [-0.2, -0.15) is 0 Å². The fourth-order valence-corrected chi connectivity index (χ4v) is 2.57. The molecule has 0 bridgehead atoms. The molecule has 0 spiro atoms. The van der Waals surface area contributed by atoms with E-state index in [2.05, 4.69) is 0 Å². The molecule has 0 amide bonds. The Balaban J connectivity index is 2.33.